The maximum Gasteiger partial charge on any atom is 0.131 e. The van der Waals surface area contributed by atoms with Crippen molar-refractivity contribution in [3.8, 4) is 11.1 Å². The molecule has 0 atom stereocenters. The van der Waals surface area contributed by atoms with Gasteiger partial charge in [-0.1, -0.05) is 18.2 Å². The number of rotatable bonds is 5. The van der Waals surface area contributed by atoms with Crippen LogP contribution in [0.25, 0.3) is 32.2 Å². The second kappa shape index (κ2) is 9.17. The molecule has 0 bridgehead atoms. The van der Waals surface area contributed by atoms with Crippen LogP contribution in [0.4, 0.5) is 15.8 Å². The van der Waals surface area contributed by atoms with Gasteiger partial charge in [0.2, 0.25) is 0 Å². The van der Waals surface area contributed by atoms with E-state index >= 15 is 4.39 Å². The number of benzene rings is 3. The molecule has 0 aliphatic carbocycles. The van der Waals surface area contributed by atoms with Crippen molar-refractivity contribution in [2.75, 3.05) is 31.6 Å². The molecule has 2 aromatic heterocycles. The highest BCUT2D eigenvalue weighted by molar-refractivity contribution is 7.16. The molecule has 0 amide bonds. The second-order valence-electron chi connectivity index (χ2n) is 10.3. The number of pyridine rings is 1. The van der Waals surface area contributed by atoms with Crippen molar-refractivity contribution in [1.82, 2.24) is 14.9 Å². The van der Waals surface area contributed by atoms with Gasteiger partial charge >= 0.3 is 0 Å². The van der Waals surface area contributed by atoms with Crippen molar-refractivity contribution in [2.45, 2.75) is 19.4 Å². The lowest BCUT2D eigenvalue weighted by atomic mass is 9.73. The zero-order chi connectivity index (χ0) is 24.8. The summed E-state index contributed by atoms with van der Waals surface area (Å²) in [5, 5.41) is 4.46. The number of likely N-dealkylation sites (tertiary alicyclic amines) is 1. The number of ether oxygens (including phenoxy) is 1. The van der Waals surface area contributed by atoms with Crippen molar-refractivity contribution in [2.24, 2.45) is 5.41 Å². The number of halogens is 1. The van der Waals surface area contributed by atoms with E-state index in [9.17, 15) is 0 Å². The molecular weight excluding hydrogens is 483 g/mol. The molecule has 2 saturated heterocycles. The van der Waals surface area contributed by atoms with E-state index in [0.717, 1.165) is 89.3 Å². The summed E-state index contributed by atoms with van der Waals surface area (Å²) in [5.41, 5.74) is 8.46. The van der Waals surface area contributed by atoms with Crippen LogP contribution in [0, 0.1) is 11.2 Å². The third-order valence-electron chi connectivity index (χ3n) is 7.77. The molecule has 1 spiro atoms. The van der Waals surface area contributed by atoms with Crippen LogP contribution in [0.5, 0.6) is 0 Å². The minimum atomic E-state index is -0.189. The van der Waals surface area contributed by atoms with Gasteiger partial charge in [-0.25, -0.2) is 9.37 Å². The van der Waals surface area contributed by atoms with Gasteiger partial charge in [-0.2, -0.15) is 0 Å². The standard InChI is InChI=1S/C30H27FN4OS/c31-25-13-20(16-35-17-30(18-35)8-11-36-12-9-30)1-4-23(25)21-2-5-26-24(14-21)27(7-10-32-26)34-22-3-6-29-28(15-22)33-19-37-29/h1-7,10,13-15,19H,8-9,11-12,16-18H2,(H,32,34). The van der Waals surface area contributed by atoms with Crippen LogP contribution in [0.15, 0.2) is 72.4 Å². The summed E-state index contributed by atoms with van der Waals surface area (Å²) in [6.07, 6.45) is 4.08. The Balaban J connectivity index is 1.13. The number of nitrogens with one attached hydrogen (secondary N) is 1. The smallest absolute Gasteiger partial charge is 0.131 e. The van der Waals surface area contributed by atoms with E-state index in [-0.39, 0.29) is 5.82 Å². The number of aromatic nitrogens is 2. The third-order valence-corrected chi connectivity index (χ3v) is 8.58. The molecule has 2 fully saturated rings. The summed E-state index contributed by atoms with van der Waals surface area (Å²) in [7, 11) is 0. The molecule has 5 aromatic rings. The van der Waals surface area contributed by atoms with Crippen LogP contribution >= 0.6 is 11.3 Å². The minimum absolute atomic E-state index is 0.189. The molecule has 0 radical (unpaired) electrons. The number of hydrogen-bond acceptors (Lipinski definition) is 6. The summed E-state index contributed by atoms with van der Waals surface area (Å²) < 4.78 is 22.0. The van der Waals surface area contributed by atoms with Crippen molar-refractivity contribution in [1.29, 1.82) is 0 Å². The van der Waals surface area contributed by atoms with Gasteiger partial charge in [0.25, 0.3) is 0 Å². The Morgan fingerprint density at radius 2 is 1.84 bits per heavy atom. The highest BCUT2D eigenvalue weighted by Crippen LogP contribution is 2.40. The van der Waals surface area contributed by atoms with Gasteiger partial charge in [-0.3, -0.25) is 9.88 Å². The fraction of sp³-hybridized carbons (Fsp3) is 0.267. The molecule has 7 heteroatoms. The van der Waals surface area contributed by atoms with Crippen LogP contribution in [-0.2, 0) is 11.3 Å². The van der Waals surface area contributed by atoms with Crippen molar-refractivity contribution in [3.63, 3.8) is 0 Å². The van der Waals surface area contributed by atoms with Crippen molar-refractivity contribution >= 4 is 43.8 Å². The minimum Gasteiger partial charge on any atom is -0.381 e. The maximum absolute atomic E-state index is 15.3. The average molecular weight is 511 g/mol. The van der Waals surface area contributed by atoms with E-state index in [1.807, 2.05) is 41.9 Å². The molecule has 3 aromatic carbocycles. The van der Waals surface area contributed by atoms with E-state index < -0.39 is 0 Å². The molecule has 1 N–H and O–H groups in total. The molecule has 7 rings (SSSR count). The Morgan fingerprint density at radius 3 is 2.70 bits per heavy atom. The molecule has 5 nitrogen and oxygen atoms in total. The first-order valence-corrected chi connectivity index (χ1v) is 13.6. The largest absolute Gasteiger partial charge is 0.381 e. The first kappa shape index (κ1) is 22.8. The van der Waals surface area contributed by atoms with Crippen LogP contribution in [-0.4, -0.2) is 41.2 Å². The predicted octanol–water partition coefficient (Wildman–Crippen LogP) is 7.01. The zero-order valence-corrected chi connectivity index (χ0v) is 21.2. The zero-order valence-electron chi connectivity index (χ0n) is 20.4. The Hall–Kier alpha value is -3.39. The van der Waals surface area contributed by atoms with E-state index in [2.05, 4.69) is 38.4 Å². The molecule has 2 aliphatic rings. The van der Waals surface area contributed by atoms with E-state index in [1.165, 1.54) is 0 Å². The number of thiazole rings is 1. The fourth-order valence-electron chi connectivity index (χ4n) is 5.80. The summed E-state index contributed by atoms with van der Waals surface area (Å²) in [4.78, 5) is 11.4. The first-order chi connectivity index (χ1) is 18.1. The van der Waals surface area contributed by atoms with Gasteiger partial charge in [0, 0.05) is 66.8 Å². The van der Waals surface area contributed by atoms with Gasteiger partial charge in [-0.05, 0) is 66.4 Å². The summed E-state index contributed by atoms with van der Waals surface area (Å²) in [5.74, 6) is -0.189. The number of fused-ring (bicyclic) bond motifs is 2. The van der Waals surface area contributed by atoms with Crippen LogP contribution in [0.2, 0.25) is 0 Å². The fourth-order valence-corrected chi connectivity index (χ4v) is 6.46. The lowest BCUT2D eigenvalue weighted by molar-refractivity contribution is -0.0839. The van der Waals surface area contributed by atoms with Gasteiger partial charge in [0.05, 0.1) is 21.2 Å². The lowest BCUT2D eigenvalue weighted by Crippen LogP contribution is -2.57. The Bertz CT molecular complexity index is 1600. The summed E-state index contributed by atoms with van der Waals surface area (Å²) >= 11 is 1.63. The van der Waals surface area contributed by atoms with Gasteiger partial charge in [0.1, 0.15) is 5.82 Å². The van der Waals surface area contributed by atoms with E-state index in [1.54, 1.807) is 23.6 Å². The lowest BCUT2D eigenvalue weighted by Gasteiger charge is -2.52. The number of anilines is 2. The summed E-state index contributed by atoms with van der Waals surface area (Å²) in [6.45, 7) is 4.71. The average Bonchev–Trinajstić information content (AvgIpc) is 3.37. The molecular formula is C30H27FN4OS. The van der Waals surface area contributed by atoms with Crippen LogP contribution < -0.4 is 5.32 Å². The van der Waals surface area contributed by atoms with Crippen LogP contribution in [0.3, 0.4) is 0 Å². The highest BCUT2D eigenvalue weighted by atomic mass is 32.1. The maximum atomic E-state index is 15.3. The molecule has 37 heavy (non-hydrogen) atoms. The SMILES string of the molecule is Fc1cc(CN2CC3(CCOCC3)C2)ccc1-c1ccc2nccc(Nc3ccc4scnc4c3)c2c1. The molecule has 0 unspecified atom stereocenters. The Labute approximate surface area is 218 Å². The van der Waals surface area contributed by atoms with Crippen molar-refractivity contribution in [3.05, 3.63) is 83.8 Å². The predicted molar refractivity (Wildman–Crippen MR) is 148 cm³/mol. The van der Waals surface area contributed by atoms with Gasteiger partial charge in [-0.15, -0.1) is 11.3 Å². The molecule has 4 heterocycles. The monoisotopic (exact) mass is 510 g/mol. The number of nitrogens with zero attached hydrogens (tertiary/aromatic N) is 3. The van der Waals surface area contributed by atoms with Crippen molar-refractivity contribution < 1.29 is 9.13 Å². The molecule has 186 valence electrons. The topological polar surface area (TPSA) is 50.3 Å². The number of hydrogen-bond donors (Lipinski definition) is 1. The van der Waals surface area contributed by atoms with Gasteiger partial charge < -0.3 is 10.1 Å². The summed E-state index contributed by atoms with van der Waals surface area (Å²) in [6, 6.07) is 19.7. The molecule has 0 saturated carbocycles. The Kier molecular flexibility index (Phi) is 5.65. The van der Waals surface area contributed by atoms with Crippen LogP contribution in [0.1, 0.15) is 18.4 Å². The van der Waals surface area contributed by atoms with E-state index in [4.69, 9.17) is 4.74 Å². The normalized spacial score (nSPS) is 17.3. The Morgan fingerprint density at radius 1 is 0.946 bits per heavy atom. The second-order valence-corrected chi connectivity index (χ2v) is 11.2. The molecule has 2 aliphatic heterocycles. The quantitative estimate of drug-likeness (QED) is 0.276. The highest BCUT2D eigenvalue weighted by Gasteiger charge is 2.43. The first-order valence-electron chi connectivity index (χ1n) is 12.7. The third kappa shape index (κ3) is 4.37. The van der Waals surface area contributed by atoms with E-state index in [0.29, 0.717) is 11.0 Å². The van der Waals surface area contributed by atoms with Gasteiger partial charge in [0.15, 0.2) is 0 Å².